The zero-order valence-corrected chi connectivity index (χ0v) is 12.0. The second-order valence-electron chi connectivity index (χ2n) is 4.63. The van der Waals surface area contributed by atoms with Crippen molar-refractivity contribution in [2.75, 3.05) is 6.54 Å². The van der Waals surface area contributed by atoms with Crippen LogP contribution in [0.2, 0.25) is 0 Å². The summed E-state index contributed by atoms with van der Waals surface area (Å²) in [7, 11) is 0. The molecule has 0 bridgehead atoms. The molecule has 0 aliphatic carbocycles. The normalized spacial score (nSPS) is 10.4. The van der Waals surface area contributed by atoms with Crippen LogP contribution in [0.4, 0.5) is 5.69 Å². The molecule has 116 valence electrons. The molecule has 1 aromatic heterocycles. The zero-order chi connectivity index (χ0) is 16.0. The summed E-state index contributed by atoms with van der Waals surface area (Å²) in [5.41, 5.74) is 0.523. The molecule has 0 aliphatic rings. The third-order valence-electron chi connectivity index (χ3n) is 2.96. The van der Waals surface area contributed by atoms with Gasteiger partial charge in [-0.2, -0.15) is 5.10 Å². The molecular formula is C12H18N4O5. The lowest BCUT2D eigenvalue weighted by atomic mass is 10.2. The summed E-state index contributed by atoms with van der Waals surface area (Å²) in [5.74, 6) is -1.18. The highest BCUT2D eigenvalue weighted by atomic mass is 16.6. The van der Waals surface area contributed by atoms with Crippen molar-refractivity contribution in [3.8, 4) is 0 Å². The Labute approximate surface area is 121 Å². The Morgan fingerprint density at radius 1 is 1.38 bits per heavy atom. The fraction of sp³-hybridized carbons (Fsp3) is 0.583. The van der Waals surface area contributed by atoms with Gasteiger partial charge in [-0.15, -0.1) is 0 Å². The summed E-state index contributed by atoms with van der Waals surface area (Å²) >= 11 is 0. The number of amides is 1. The van der Waals surface area contributed by atoms with Gasteiger partial charge in [-0.25, -0.2) is 0 Å². The number of aromatic nitrogens is 2. The Morgan fingerprint density at radius 2 is 2.05 bits per heavy atom. The number of hydrogen-bond acceptors (Lipinski definition) is 5. The molecule has 0 saturated heterocycles. The molecule has 9 heteroatoms. The number of rotatable bonds is 8. The number of carbonyl (C=O) groups excluding carboxylic acids is 1. The van der Waals surface area contributed by atoms with Gasteiger partial charge in [0, 0.05) is 13.0 Å². The van der Waals surface area contributed by atoms with Crippen LogP contribution in [0.1, 0.15) is 30.7 Å². The molecule has 0 fully saturated rings. The minimum Gasteiger partial charge on any atom is -0.481 e. The third-order valence-corrected chi connectivity index (χ3v) is 2.96. The first kappa shape index (κ1) is 16.6. The Bertz CT molecular complexity index is 552. The predicted octanol–water partition coefficient (Wildman–Crippen LogP) is 0.779. The largest absolute Gasteiger partial charge is 0.481 e. The van der Waals surface area contributed by atoms with Gasteiger partial charge in [-0.3, -0.25) is 24.4 Å². The van der Waals surface area contributed by atoms with Crippen molar-refractivity contribution in [3.63, 3.8) is 0 Å². The summed E-state index contributed by atoms with van der Waals surface area (Å²) < 4.78 is 1.29. The molecule has 0 saturated carbocycles. The van der Waals surface area contributed by atoms with Crippen molar-refractivity contribution in [1.29, 1.82) is 0 Å². The first-order chi connectivity index (χ1) is 9.82. The molecule has 1 rings (SSSR count). The van der Waals surface area contributed by atoms with Gasteiger partial charge >= 0.3 is 11.7 Å². The lowest BCUT2D eigenvalue weighted by Crippen LogP contribution is -2.29. The average Bonchev–Trinajstić information content (AvgIpc) is 2.63. The SMILES string of the molecule is Cc1nn(CC(=O)NCCCCC(=O)O)c(C)c1[N+](=O)[O-]. The summed E-state index contributed by atoms with van der Waals surface area (Å²) in [6.45, 7) is 3.33. The second kappa shape index (κ2) is 7.36. The summed E-state index contributed by atoms with van der Waals surface area (Å²) in [5, 5.41) is 25.9. The van der Waals surface area contributed by atoms with E-state index in [4.69, 9.17) is 5.11 Å². The van der Waals surface area contributed by atoms with Crippen LogP contribution in [0.3, 0.4) is 0 Å². The molecule has 2 N–H and O–H groups in total. The van der Waals surface area contributed by atoms with Crippen LogP contribution >= 0.6 is 0 Å². The minimum atomic E-state index is -0.865. The number of aliphatic carboxylic acids is 1. The zero-order valence-electron chi connectivity index (χ0n) is 12.0. The monoisotopic (exact) mass is 298 g/mol. The van der Waals surface area contributed by atoms with E-state index in [1.165, 1.54) is 18.5 Å². The molecule has 1 aromatic rings. The fourth-order valence-corrected chi connectivity index (χ4v) is 1.93. The van der Waals surface area contributed by atoms with E-state index >= 15 is 0 Å². The molecule has 0 atom stereocenters. The van der Waals surface area contributed by atoms with E-state index in [0.717, 1.165) is 0 Å². The Morgan fingerprint density at radius 3 is 2.57 bits per heavy atom. The number of aryl methyl sites for hydroxylation is 1. The number of nitrogens with zero attached hydrogens (tertiary/aromatic N) is 3. The van der Waals surface area contributed by atoms with Crippen LogP contribution in [0.5, 0.6) is 0 Å². The Kier molecular flexibility index (Phi) is 5.82. The van der Waals surface area contributed by atoms with Gasteiger partial charge in [0.15, 0.2) is 0 Å². The maximum absolute atomic E-state index is 11.7. The maximum Gasteiger partial charge on any atom is 0.312 e. The van der Waals surface area contributed by atoms with E-state index in [9.17, 15) is 19.7 Å². The molecule has 0 spiro atoms. The van der Waals surface area contributed by atoms with E-state index in [0.29, 0.717) is 25.1 Å². The van der Waals surface area contributed by atoms with E-state index in [2.05, 4.69) is 10.4 Å². The quantitative estimate of drug-likeness (QED) is 0.414. The number of carboxylic acid groups (broad SMARTS) is 1. The summed E-state index contributed by atoms with van der Waals surface area (Å²) in [6.07, 6.45) is 1.12. The number of carbonyl (C=O) groups is 2. The van der Waals surface area contributed by atoms with Gasteiger partial charge in [-0.05, 0) is 26.7 Å². The van der Waals surface area contributed by atoms with Crippen LogP contribution in [0.15, 0.2) is 0 Å². The first-order valence-electron chi connectivity index (χ1n) is 6.49. The molecule has 9 nitrogen and oxygen atoms in total. The van der Waals surface area contributed by atoms with Crippen LogP contribution in [-0.4, -0.2) is 38.2 Å². The van der Waals surface area contributed by atoms with E-state index in [1.54, 1.807) is 0 Å². The first-order valence-corrected chi connectivity index (χ1v) is 6.49. The summed E-state index contributed by atoms with van der Waals surface area (Å²) in [4.78, 5) is 32.3. The molecule has 1 heterocycles. The van der Waals surface area contributed by atoms with Crippen molar-refractivity contribution >= 4 is 17.6 Å². The molecular weight excluding hydrogens is 280 g/mol. The number of unbranched alkanes of at least 4 members (excludes halogenated alkanes) is 1. The van der Waals surface area contributed by atoms with Crippen LogP contribution < -0.4 is 5.32 Å². The van der Waals surface area contributed by atoms with Crippen LogP contribution in [0, 0.1) is 24.0 Å². The van der Waals surface area contributed by atoms with E-state index in [-0.39, 0.29) is 30.3 Å². The smallest absolute Gasteiger partial charge is 0.312 e. The van der Waals surface area contributed by atoms with Gasteiger partial charge in [0.25, 0.3) is 0 Å². The van der Waals surface area contributed by atoms with Gasteiger partial charge in [-0.1, -0.05) is 0 Å². The lowest BCUT2D eigenvalue weighted by Gasteiger charge is -2.05. The van der Waals surface area contributed by atoms with Crippen molar-refractivity contribution in [3.05, 3.63) is 21.5 Å². The number of nitro groups is 1. The lowest BCUT2D eigenvalue weighted by molar-refractivity contribution is -0.386. The minimum absolute atomic E-state index is 0.0690. The molecule has 1 amide bonds. The van der Waals surface area contributed by atoms with Crippen molar-refractivity contribution in [1.82, 2.24) is 15.1 Å². The highest BCUT2D eigenvalue weighted by Crippen LogP contribution is 2.21. The Balaban J connectivity index is 2.47. The van der Waals surface area contributed by atoms with Gasteiger partial charge in [0.05, 0.1) is 4.92 Å². The third kappa shape index (κ3) is 4.86. The maximum atomic E-state index is 11.7. The van der Waals surface area contributed by atoms with Crippen molar-refractivity contribution in [2.24, 2.45) is 0 Å². The number of hydrogen-bond donors (Lipinski definition) is 2. The Hall–Kier alpha value is -2.45. The highest BCUT2D eigenvalue weighted by molar-refractivity contribution is 5.75. The number of nitrogens with one attached hydrogen (secondary N) is 1. The second-order valence-corrected chi connectivity index (χ2v) is 4.63. The van der Waals surface area contributed by atoms with E-state index < -0.39 is 10.9 Å². The van der Waals surface area contributed by atoms with Crippen molar-refractivity contribution in [2.45, 2.75) is 39.7 Å². The molecule has 0 aliphatic heterocycles. The summed E-state index contributed by atoms with van der Waals surface area (Å²) in [6, 6.07) is 0. The predicted molar refractivity (Wildman–Crippen MR) is 72.9 cm³/mol. The van der Waals surface area contributed by atoms with Gasteiger partial charge in [0.1, 0.15) is 17.9 Å². The van der Waals surface area contributed by atoms with Crippen molar-refractivity contribution < 1.29 is 19.6 Å². The van der Waals surface area contributed by atoms with Gasteiger partial charge < -0.3 is 10.4 Å². The van der Waals surface area contributed by atoms with Crippen LogP contribution in [-0.2, 0) is 16.1 Å². The molecule has 0 unspecified atom stereocenters. The topological polar surface area (TPSA) is 127 Å². The average molecular weight is 298 g/mol. The number of carboxylic acids is 1. The standard InChI is InChI=1S/C12H18N4O5/c1-8-12(16(20)21)9(2)15(14-8)7-10(17)13-6-4-3-5-11(18)19/h3-7H2,1-2H3,(H,13,17)(H,18,19). The van der Waals surface area contributed by atoms with E-state index in [1.807, 2.05) is 0 Å². The molecule has 0 radical (unpaired) electrons. The van der Waals surface area contributed by atoms with Gasteiger partial charge in [0.2, 0.25) is 5.91 Å². The fourth-order valence-electron chi connectivity index (χ4n) is 1.93. The molecule has 21 heavy (non-hydrogen) atoms. The highest BCUT2D eigenvalue weighted by Gasteiger charge is 2.22. The molecule has 0 aromatic carbocycles. The van der Waals surface area contributed by atoms with Crippen LogP contribution in [0.25, 0.3) is 0 Å².